The molecule has 1 saturated heterocycles. The molecule has 4 heteroatoms. The van der Waals surface area contributed by atoms with Crippen LogP contribution < -0.4 is 0 Å². The summed E-state index contributed by atoms with van der Waals surface area (Å²) in [5.41, 5.74) is 1.99. The lowest BCUT2D eigenvalue weighted by Crippen LogP contribution is -2.34. The molecule has 3 aliphatic rings. The van der Waals surface area contributed by atoms with Crippen molar-refractivity contribution in [3.63, 3.8) is 0 Å². The lowest BCUT2D eigenvalue weighted by Gasteiger charge is -2.27. The van der Waals surface area contributed by atoms with Crippen LogP contribution in [0.25, 0.3) is 0 Å². The molecule has 2 N–H and O–H groups in total. The van der Waals surface area contributed by atoms with Gasteiger partial charge in [-0.3, -0.25) is 0 Å². The standard InChI is InChI=1S/C15H18O4/c1-6-4-10(17)13-8(3)15(18)19-14(13)12-7(2)5-9(16)11(6)12/h9-14,16-17H,1-5H2. The molecule has 1 heterocycles. The molecule has 3 rings (SSSR count). The SMILES string of the molecule is C=C1C(=O)OC2C1C(O)CC(=C)C1C(O)CC(=C)C21. The highest BCUT2D eigenvalue weighted by Crippen LogP contribution is 2.51. The maximum Gasteiger partial charge on any atom is 0.334 e. The van der Waals surface area contributed by atoms with Crippen LogP contribution in [0.4, 0.5) is 0 Å². The van der Waals surface area contributed by atoms with Crippen molar-refractivity contribution in [2.45, 2.75) is 31.2 Å². The number of carbonyl (C=O) groups excluding carboxylic acids is 1. The molecule has 3 fully saturated rings. The number of carbonyl (C=O) groups is 1. The van der Waals surface area contributed by atoms with Crippen LogP contribution in [0.2, 0.25) is 0 Å². The van der Waals surface area contributed by atoms with Crippen molar-refractivity contribution in [1.29, 1.82) is 0 Å². The number of aliphatic hydroxyl groups is 2. The van der Waals surface area contributed by atoms with Crippen LogP contribution in [-0.2, 0) is 9.53 Å². The number of ether oxygens (including phenoxy) is 1. The zero-order chi connectivity index (χ0) is 13.9. The molecule has 19 heavy (non-hydrogen) atoms. The fraction of sp³-hybridized carbons (Fsp3) is 0.533. The molecular formula is C15H18O4. The Hall–Kier alpha value is -1.39. The minimum atomic E-state index is -0.734. The zero-order valence-corrected chi connectivity index (χ0v) is 10.7. The first-order valence-corrected chi connectivity index (χ1v) is 6.53. The zero-order valence-electron chi connectivity index (χ0n) is 10.7. The molecular weight excluding hydrogens is 244 g/mol. The second-order valence-electron chi connectivity index (χ2n) is 5.83. The Morgan fingerprint density at radius 3 is 2.11 bits per heavy atom. The molecule has 0 bridgehead atoms. The summed E-state index contributed by atoms with van der Waals surface area (Å²) in [7, 11) is 0. The van der Waals surface area contributed by atoms with Crippen LogP contribution in [0.3, 0.4) is 0 Å². The summed E-state index contributed by atoms with van der Waals surface area (Å²) in [6, 6.07) is 0. The third-order valence-electron chi connectivity index (χ3n) is 4.72. The van der Waals surface area contributed by atoms with Gasteiger partial charge < -0.3 is 14.9 Å². The van der Waals surface area contributed by atoms with Gasteiger partial charge in [0.05, 0.1) is 18.1 Å². The van der Waals surface area contributed by atoms with Crippen LogP contribution in [0.15, 0.2) is 36.5 Å². The van der Waals surface area contributed by atoms with Gasteiger partial charge in [0.25, 0.3) is 0 Å². The van der Waals surface area contributed by atoms with E-state index >= 15 is 0 Å². The highest BCUT2D eigenvalue weighted by molar-refractivity contribution is 5.91. The summed E-state index contributed by atoms with van der Waals surface area (Å²) >= 11 is 0. The largest absolute Gasteiger partial charge is 0.458 e. The van der Waals surface area contributed by atoms with Gasteiger partial charge in [-0.25, -0.2) is 4.79 Å². The van der Waals surface area contributed by atoms with Crippen LogP contribution in [-0.4, -0.2) is 34.5 Å². The van der Waals surface area contributed by atoms with E-state index in [1.54, 1.807) is 0 Å². The van der Waals surface area contributed by atoms with E-state index in [0.29, 0.717) is 18.4 Å². The number of rotatable bonds is 0. The molecule has 4 nitrogen and oxygen atoms in total. The third-order valence-corrected chi connectivity index (χ3v) is 4.72. The van der Waals surface area contributed by atoms with Crippen LogP contribution in [0.5, 0.6) is 0 Å². The molecule has 0 aromatic rings. The first-order chi connectivity index (χ1) is 8.91. The maximum atomic E-state index is 11.7. The maximum absolute atomic E-state index is 11.7. The summed E-state index contributed by atoms with van der Waals surface area (Å²) in [5.74, 6) is -1.21. The van der Waals surface area contributed by atoms with Crippen molar-refractivity contribution in [2.75, 3.05) is 0 Å². The molecule has 2 saturated carbocycles. The van der Waals surface area contributed by atoms with E-state index in [9.17, 15) is 15.0 Å². The Kier molecular flexibility index (Phi) is 2.69. The molecule has 0 aromatic heterocycles. The fourth-order valence-corrected chi connectivity index (χ4v) is 3.87. The van der Waals surface area contributed by atoms with Gasteiger partial charge in [0, 0.05) is 17.4 Å². The smallest absolute Gasteiger partial charge is 0.334 e. The van der Waals surface area contributed by atoms with Crippen molar-refractivity contribution >= 4 is 5.97 Å². The lowest BCUT2D eigenvalue weighted by atomic mass is 9.81. The van der Waals surface area contributed by atoms with Crippen LogP contribution in [0, 0.1) is 17.8 Å². The predicted octanol–water partition coefficient (Wildman–Crippen LogP) is 0.958. The highest BCUT2D eigenvalue weighted by atomic mass is 16.6. The van der Waals surface area contributed by atoms with Crippen molar-refractivity contribution in [3.05, 3.63) is 36.5 Å². The Morgan fingerprint density at radius 1 is 0.947 bits per heavy atom. The molecule has 6 unspecified atom stereocenters. The van der Waals surface area contributed by atoms with Gasteiger partial charge in [-0.05, 0) is 12.8 Å². The highest BCUT2D eigenvalue weighted by Gasteiger charge is 2.55. The number of hydrogen-bond acceptors (Lipinski definition) is 4. The lowest BCUT2D eigenvalue weighted by molar-refractivity contribution is -0.141. The van der Waals surface area contributed by atoms with Crippen molar-refractivity contribution in [2.24, 2.45) is 17.8 Å². The van der Waals surface area contributed by atoms with Gasteiger partial charge >= 0.3 is 5.97 Å². The summed E-state index contributed by atoms with van der Waals surface area (Å²) < 4.78 is 5.40. The van der Waals surface area contributed by atoms with Crippen molar-refractivity contribution in [3.8, 4) is 0 Å². The normalized spacial score (nSPS) is 45.8. The molecule has 2 aliphatic carbocycles. The molecule has 0 spiro atoms. The Balaban J connectivity index is 2.06. The third kappa shape index (κ3) is 1.63. The quantitative estimate of drug-likeness (QED) is 0.387. The van der Waals surface area contributed by atoms with Crippen molar-refractivity contribution in [1.82, 2.24) is 0 Å². The molecule has 0 radical (unpaired) electrons. The Labute approximate surface area is 112 Å². The second kappa shape index (κ2) is 4.05. The summed E-state index contributed by atoms with van der Waals surface area (Å²) in [6.07, 6.45) is -0.894. The number of esters is 1. The number of aliphatic hydroxyl groups excluding tert-OH is 2. The second-order valence-corrected chi connectivity index (χ2v) is 5.83. The Morgan fingerprint density at radius 2 is 1.47 bits per heavy atom. The van der Waals surface area contributed by atoms with E-state index < -0.39 is 30.2 Å². The Bertz CT molecular complexity index is 492. The number of hydrogen-bond donors (Lipinski definition) is 2. The van der Waals surface area contributed by atoms with E-state index in [0.717, 1.165) is 11.1 Å². The van der Waals surface area contributed by atoms with E-state index in [1.807, 2.05) is 0 Å². The van der Waals surface area contributed by atoms with Crippen molar-refractivity contribution < 1.29 is 19.7 Å². The van der Waals surface area contributed by atoms with Gasteiger partial charge in [0.1, 0.15) is 6.10 Å². The van der Waals surface area contributed by atoms with Gasteiger partial charge in [0.2, 0.25) is 0 Å². The number of fused-ring (bicyclic) bond motifs is 3. The topological polar surface area (TPSA) is 66.8 Å². The predicted molar refractivity (Wildman–Crippen MR) is 69.0 cm³/mol. The van der Waals surface area contributed by atoms with E-state index in [-0.39, 0.29) is 11.8 Å². The summed E-state index contributed by atoms with van der Waals surface area (Å²) in [5, 5.41) is 20.4. The molecule has 0 aromatic carbocycles. The molecule has 1 aliphatic heterocycles. The fourth-order valence-electron chi connectivity index (χ4n) is 3.87. The van der Waals surface area contributed by atoms with E-state index in [4.69, 9.17) is 4.74 Å². The van der Waals surface area contributed by atoms with E-state index in [2.05, 4.69) is 19.7 Å². The summed E-state index contributed by atoms with van der Waals surface area (Å²) in [6.45, 7) is 11.7. The minimum Gasteiger partial charge on any atom is -0.458 e. The minimum absolute atomic E-state index is 0.159. The van der Waals surface area contributed by atoms with Gasteiger partial charge in [-0.15, -0.1) is 0 Å². The molecule has 102 valence electrons. The molecule has 0 amide bonds. The van der Waals surface area contributed by atoms with Gasteiger partial charge in [-0.2, -0.15) is 0 Å². The first-order valence-electron chi connectivity index (χ1n) is 6.53. The van der Waals surface area contributed by atoms with Gasteiger partial charge in [0.15, 0.2) is 0 Å². The van der Waals surface area contributed by atoms with Crippen LogP contribution >= 0.6 is 0 Å². The van der Waals surface area contributed by atoms with E-state index in [1.165, 1.54) is 0 Å². The van der Waals surface area contributed by atoms with Gasteiger partial charge in [-0.1, -0.05) is 30.9 Å². The monoisotopic (exact) mass is 262 g/mol. The average molecular weight is 262 g/mol. The van der Waals surface area contributed by atoms with Crippen LogP contribution in [0.1, 0.15) is 12.8 Å². The average Bonchev–Trinajstić information content (AvgIpc) is 2.72. The molecule has 6 atom stereocenters. The summed E-state index contributed by atoms with van der Waals surface area (Å²) in [4.78, 5) is 11.7. The first kappa shape index (κ1) is 12.6.